The number of nitrogens with zero attached hydrogens (tertiary/aromatic N) is 3. The van der Waals surface area contributed by atoms with Gasteiger partial charge in [0.1, 0.15) is 0 Å². The number of nitriles is 2. The van der Waals surface area contributed by atoms with Gasteiger partial charge in [0.25, 0.3) is 0 Å². The van der Waals surface area contributed by atoms with Crippen LogP contribution in [0.5, 0.6) is 0 Å². The Morgan fingerprint density at radius 1 is 1.40 bits per heavy atom. The lowest BCUT2D eigenvalue weighted by atomic mass is 10.3. The highest BCUT2D eigenvalue weighted by atomic mass is 32.2. The zero-order chi connectivity index (χ0) is 12.1. The Labute approximate surface area is 91.0 Å². The minimum Gasteiger partial charge on any atom is -0.211 e. The van der Waals surface area contributed by atoms with Crippen molar-refractivity contribution in [3.05, 3.63) is 0 Å². The van der Waals surface area contributed by atoms with Crippen LogP contribution in [-0.2, 0) is 10.0 Å². The SMILES string of the molecule is CCC(C#N)S(=O)(=O)N(C)C(C)CC#N. The van der Waals surface area contributed by atoms with Gasteiger partial charge in [-0.05, 0) is 13.3 Å². The highest BCUT2D eigenvalue weighted by molar-refractivity contribution is 7.90. The fourth-order valence-electron chi connectivity index (χ4n) is 1.08. The summed E-state index contributed by atoms with van der Waals surface area (Å²) in [6.07, 6.45) is 0.375. The first-order chi connectivity index (χ1) is 6.91. The summed E-state index contributed by atoms with van der Waals surface area (Å²) in [7, 11) is -2.20. The summed E-state index contributed by atoms with van der Waals surface area (Å²) < 4.78 is 24.7. The van der Waals surface area contributed by atoms with Crippen molar-refractivity contribution in [2.45, 2.75) is 38.0 Å². The predicted octanol–water partition coefficient (Wildman–Crippen LogP) is 0.852. The minimum atomic E-state index is -3.60. The van der Waals surface area contributed by atoms with Crippen molar-refractivity contribution >= 4 is 10.0 Å². The van der Waals surface area contributed by atoms with Crippen molar-refractivity contribution in [1.29, 1.82) is 10.5 Å². The van der Waals surface area contributed by atoms with Crippen molar-refractivity contribution in [1.82, 2.24) is 4.31 Å². The second-order valence-corrected chi connectivity index (χ2v) is 5.47. The van der Waals surface area contributed by atoms with Crippen LogP contribution in [0, 0.1) is 22.7 Å². The molecule has 0 aliphatic heterocycles. The first kappa shape index (κ1) is 13.9. The van der Waals surface area contributed by atoms with E-state index < -0.39 is 21.3 Å². The van der Waals surface area contributed by atoms with E-state index in [4.69, 9.17) is 10.5 Å². The second kappa shape index (κ2) is 5.69. The van der Waals surface area contributed by atoms with Gasteiger partial charge in [0.2, 0.25) is 10.0 Å². The molecule has 6 heteroatoms. The summed E-state index contributed by atoms with van der Waals surface area (Å²) in [6, 6.07) is 3.26. The molecule has 0 aromatic heterocycles. The Kier molecular flexibility index (Phi) is 5.27. The lowest BCUT2D eigenvalue weighted by Crippen LogP contribution is -2.40. The van der Waals surface area contributed by atoms with Gasteiger partial charge >= 0.3 is 0 Å². The van der Waals surface area contributed by atoms with Crippen LogP contribution in [0.25, 0.3) is 0 Å². The molecule has 0 aromatic carbocycles. The molecule has 0 amide bonds. The molecule has 2 atom stereocenters. The summed E-state index contributed by atoms with van der Waals surface area (Å²) in [4.78, 5) is 0. The molecule has 84 valence electrons. The molecule has 0 heterocycles. The third-order valence-corrected chi connectivity index (χ3v) is 4.60. The molecule has 0 radical (unpaired) electrons. The molecule has 0 saturated heterocycles. The fourth-order valence-corrected chi connectivity index (χ4v) is 2.61. The van der Waals surface area contributed by atoms with Crippen LogP contribution in [0.15, 0.2) is 0 Å². The normalized spacial score (nSPS) is 15.3. The molecule has 0 N–H and O–H groups in total. The Bertz CT molecular complexity index is 377. The van der Waals surface area contributed by atoms with E-state index in [0.29, 0.717) is 0 Å². The van der Waals surface area contributed by atoms with Crippen LogP contribution in [0.2, 0.25) is 0 Å². The van der Waals surface area contributed by atoms with E-state index in [1.54, 1.807) is 19.9 Å². The molecule has 15 heavy (non-hydrogen) atoms. The number of rotatable bonds is 5. The van der Waals surface area contributed by atoms with Crippen LogP contribution in [0.3, 0.4) is 0 Å². The minimum absolute atomic E-state index is 0.123. The number of hydrogen-bond acceptors (Lipinski definition) is 4. The summed E-state index contributed by atoms with van der Waals surface area (Å²) in [5.74, 6) is 0. The third kappa shape index (κ3) is 3.19. The topological polar surface area (TPSA) is 85.0 Å². The van der Waals surface area contributed by atoms with Gasteiger partial charge in [-0.25, -0.2) is 12.7 Å². The van der Waals surface area contributed by atoms with Crippen LogP contribution in [0.1, 0.15) is 26.7 Å². The first-order valence-corrected chi connectivity index (χ1v) is 6.15. The summed E-state index contributed by atoms with van der Waals surface area (Å²) in [5, 5.41) is 16.1. The number of sulfonamides is 1. The van der Waals surface area contributed by atoms with Gasteiger partial charge in [-0.2, -0.15) is 10.5 Å². The maximum atomic E-state index is 11.8. The van der Waals surface area contributed by atoms with Crippen molar-refractivity contribution in [2.24, 2.45) is 0 Å². The van der Waals surface area contributed by atoms with Crippen LogP contribution >= 0.6 is 0 Å². The molecular formula is C9H15N3O2S. The van der Waals surface area contributed by atoms with E-state index in [1.165, 1.54) is 7.05 Å². The molecule has 0 spiro atoms. The Balaban J connectivity index is 4.91. The fraction of sp³-hybridized carbons (Fsp3) is 0.778. The van der Waals surface area contributed by atoms with Gasteiger partial charge < -0.3 is 0 Å². The van der Waals surface area contributed by atoms with Gasteiger partial charge in [-0.15, -0.1) is 0 Å². The molecule has 0 bridgehead atoms. The molecule has 0 aliphatic rings. The first-order valence-electron chi connectivity index (χ1n) is 4.65. The zero-order valence-electron chi connectivity index (χ0n) is 9.14. The highest BCUT2D eigenvalue weighted by Gasteiger charge is 2.30. The maximum absolute atomic E-state index is 11.8. The highest BCUT2D eigenvalue weighted by Crippen LogP contribution is 2.14. The third-order valence-electron chi connectivity index (χ3n) is 2.28. The van der Waals surface area contributed by atoms with Crippen molar-refractivity contribution in [2.75, 3.05) is 7.05 Å². The predicted molar refractivity (Wildman–Crippen MR) is 56.1 cm³/mol. The average molecular weight is 229 g/mol. The Morgan fingerprint density at radius 3 is 2.27 bits per heavy atom. The van der Waals surface area contributed by atoms with E-state index in [-0.39, 0.29) is 12.8 Å². The van der Waals surface area contributed by atoms with E-state index in [9.17, 15) is 8.42 Å². The summed E-state index contributed by atoms with van der Waals surface area (Å²) >= 11 is 0. The average Bonchev–Trinajstić information content (AvgIpc) is 2.18. The second-order valence-electron chi connectivity index (χ2n) is 3.30. The van der Waals surface area contributed by atoms with E-state index in [1.807, 2.05) is 6.07 Å². The van der Waals surface area contributed by atoms with Gasteiger partial charge in [-0.1, -0.05) is 6.92 Å². The van der Waals surface area contributed by atoms with Crippen LogP contribution < -0.4 is 0 Å². The van der Waals surface area contributed by atoms with Gasteiger partial charge in [0.05, 0.1) is 18.6 Å². The molecule has 0 saturated carbocycles. The van der Waals surface area contributed by atoms with Crippen molar-refractivity contribution in [3.8, 4) is 12.1 Å². The van der Waals surface area contributed by atoms with Gasteiger partial charge in [-0.3, -0.25) is 0 Å². The zero-order valence-corrected chi connectivity index (χ0v) is 9.95. The number of hydrogen-bond donors (Lipinski definition) is 0. The largest absolute Gasteiger partial charge is 0.230 e. The summed E-state index contributed by atoms with van der Waals surface area (Å²) in [6.45, 7) is 3.29. The molecule has 0 aliphatic carbocycles. The van der Waals surface area contributed by atoms with Crippen LogP contribution in [-0.4, -0.2) is 31.1 Å². The maximum Gasteiger partial charge on any atom is 0.230 e. The van der Waals surface area contributed by atoms with Crippen molar-refractivity contribution in [3.63, 3.8) is 0 Å². The van der Waals surface area contributed by atoms with E-state index in [0.717, 1.165) is 4.31 Å². The molecule has 0 fully saturated rings. The Morgan fingerprint density at radius 2 is 1.93 bits per heavy atom. The molecule has 0 rings (SSSR count). The molecule has 0 aromatic rings. The monoisotopic (exact) mass is 229 g/mol. The summed E-state index contributed by atoms with van der Waals surface area (Å²) in [5.41, 5.74) is 0. The standard InChI is InChI=1S/C9H15N3O2S/c1-4-9(7-11)15(13,14)12(3)8(2)5-6-10/h8-9H,4-5H2,1-3H3. The Hall–Kier alpha value is -1.11. The van der Waals surface area contributed by atoms with Crippen LogP contribution in [0.4, 0.5) is 0 Å². The van der Waals surface area contributed by atoms with Gasteiger partial charge in [0.15, 0.2) is 5.25 Å². The quantitative estimate of drug-likeness (QED) is 0.699. The lowest BCUT2D eigenvalue weighted by molar-refractivity contribution is 0.389. The van der Waals surface area contributed by atoms with E-state index >= 15 is 0 Å². The smallest absolute Gasteiger partial charge is 0.211 e. The molecule has 2 unspecified atom stereocenters. The van der Waals surface area contributed by atoms with Gasteiger partial charge in [0, 0.05) is 13.1 Å². The molecular weight excluding hydrogens is 214 g/mol. The lowest BCUT2D eigenvalue weighted by Gasteiger charge is -2.24. The van der Waals surface area contributed by atoms with Crippen molar-refractivity contribution < 1.29 is 8.42 Å². The van der Waals surface area contributed by atoms with E-state index in [2.05, 4.69) is 0 Å². The molecule has 5 nitrogen and oxygen atoms in total.